The van der Waals surface area contributed by atoms with Crippen molar-refractivity contribution in [2.75, 3.05) is 19.0 Å². The number of benzene rings is 3. The Morgan fingerprint density at radius 2 is 1.78 bits per heavy atom. The molecule has 0 fully saturated rings. The fourth-order valence-corrected chi connectivity index (χ4v) is 3.86. The Kier molecular flexibility index (Phi) is 5.21. The predicted molar refractivity (Wildman–Crippen MR) is 109 cm³/mol. The van der Waals surface area contributed by atoms with E-state index in [1.807, 2.05) is 37.3 Å². The largest absolute Gasteiger partial charge is 0.486 e. The van der Waals surface area contributed by atoms with E-state index in [1.54, 1.807) is 11.8 Å². The van der Waals surface area contributed by atoms with Gasteiger partial charge in [0.05, 0.1) is 11.8 Å². The van der Waals surface area contributed by atoms with E-state index in [0.717, 1.165) is 22.0 Å². The molecule has 0 aromatic heterocycles. The second kappa shape index (κ2) is 7.92. The molecule has 4 nitrogen and oxygen atoms in total. The van der Waals surface area contributed by atoms with Crippen LogP contribution in [0.25, 0.3) is 10.8 Å². The van der Waals surface area contributed by atoms with E-state index >= 15 is 0 Å². The number of hydrogen-bond donors (Lipinski definition) is 1. The summed E-state index contributed by atoms with van der Waals surface area (Å²) < 4.78 is 11.2. The second-order valence-electron chi connectivity index (χ2n) is 6.49. The summed E-state index contributed by atoms with van der Waals surface area (Å²) in [4.78, 5) is 13.5. The minimum Gasteiger partial charge on any atom is -0.486 e. The van der Waals surface area contributed by atoms with Crippen LogP contribution in [0, 0.1) is 0 Å². The Morgan fingerprint density at radius 1 is 1.00 bits per heavy atom. The van der Waals surface area contributed by atoms with Gasteiger partial charge in [0.1, 0.15) is 13.2 Å². The summed E-state index contributed by atoms with van der Waals surface area (Å²) in [6.07, 6.45) is 0. The first-order valence-corrected chi connectivity index (χ1v) is 9.98. The van der Waals surface area contributed by atoms with E-state index in [4.69, 9.17) is 9.47 Å². The second-order valence-corrected chi connectivity index (χ2v) is 7.54. The number of nitrogens with one attached hydrogen (secondary N) is 1. The molecular formula is C22H21NO3S. The van der Waals surface area contributed by atoms with Crippen LogP contribution in [0.1, 0.15) is 18.5 Å². The fourth-order valence-electron chi connectivity index (χ4n) is 3.10. The van der Waals surface area contributed by atoms with Crippen LogP contribution in [-0.2, 0) is 4.79 Å². The monoisotopic (exact) mass is 379 g/mol. The van der Waals surface area contributed by atoms with Crippen LogP contribution >= 0.6 is 11.8 Å². The lowest BCUT2D eigenvalue weighted by Gasteiger charge is -2.21. The highest BCUT2D eigenvalue weighted by Gasteiger charge is 2.16. The van der Waals surface area contributed by atoms with Crippen molar-refractivity contribution in [3.8, 4) is 11.5 Å². The predicted octanol–water partition coefficient (Wildman–Crippen LogP) is 4.58. The summed E-state index contributed by atoms with van der Waals surface area (Å²) in [5.41, 5.74) is 1.00. The first kappa shape index (κ1) is 17.7. The first-order valence-electron chi connectivity index (χ1n) is 8.99. The number of carbonyl (C=O) groups is 1. The smallest absolute Gasteiger partial charge is 0.230 e. The van der Waals surface area contributed by atoms with Crippen LogP contribution in [0.4, 0.5) is 0 Å². The molecule has 0 unspecified atom stereocenters. The Balaban J connectivity index is 1.35. The minimum atomic E-state index is -0.0921. The molecule has 1 aliphatic rings. The topological polar surface area (TPSA) is 47.6 Å². The van der Waals surface area contributed by atoms with Gasteiger partial charge in [-0.1, -0.05) is 36.4 Å². The molecule has 4 rings (SSSR count). The van der Waals surface area contributed by atoms with Crippen molar-refractivity contribution in [2.24, 2.45) is 0 Å². The van der Waals surface area contributed by atoms with E-state index in [9.17, 15) is 4.79 Å². The van der Waals surface area contributed by atoms with Crippen molar-refractivity contribution in [3.05, 3.63) is 66.2 Å². The normalized spacial score (nSPS) is 14.0. The molecule has 0 spiro atoms. The summed E-state index contributed by atoms with van der Waals surface area (Å²) in [6, 6.07) is 20.2. The van der Waals surface area contributed by atoms with Crippen LogP contribution < -0.4 is 14.8 Å². The molecule has 3 aromatic rings. The third-order valence-electron chi connectivity index (χ3n) is 4.53. The first-order chi connectivity index (χ1) is 13.2. The maximum atomic E-state index is 12.4. The highest BCUT2D eigenvalue weighted by Crippen LogP contribution is 2.32. The molecule has 1 atom stereocenters. The Labute approximate surface area is 162 Å². The summed E-state index contributed by atoms with van der Waals surface area (Å²) in [5.74, 6) is 1.89. The third-order valence-corrected chi connectivity index (χ3v) is 5.53. The van der Waals surface area contributed by atoms with E-state index in [0.29, 0.717) is 19.0 Å². The number of ether oxygens (including phenoxy) is 2. The molecule has 138 valence electrons. The highest BCUT2D eigenvalue weighted by atomic mass is 32.2. The van der Waals surface area contributed by atoms with Crippen LogP contribution in [0.15, 0.2) is 65.6 Å². The Hall–Kier alpha value is -2.66. The highest BCUT2D eigenvalue weighted by molar-refractivity contribution is 8.00. The van der Waals surface area contributed by atoms with Gasteiger partial charge in [-0.3, -0.25) is 4.79 Å². The Morgan fingerprint density at radius 3 is 2.63 bits per heavy atom. The number of rotatable bonds is 5. The molecule has 1 N–H and O–H groups in total. The van der Waals surface area contributed by atoms with Gasteiger partial charge in [0.2, 0.25) is 5.91 Å². The summed E-state index contributed by atoms with van der Waals surface area (Å²) in [6.45, 7) is 3.11. The zero-order valence-electron chi connectivity index (χ0n) is 15.1. The Bertz CT molecular complexity index is 973. The molecule has 5 heteroatoms. The number of carbonyl (C=O) groups excluding carboxylic acids is 1. The van der Waals surface area contributed by atoms with Crippen molar-refractivity contribution in [3.63, 3.8) is 0 Å². The number of amides is 1. The van der Waals surface area contributed by atoms with Gasteiger partial charge in [-0.15, -0.1) is 11.8 Å². The van der Waals surface area contributed by atoms with Crippen LogP contribution in [0.5, 0.6) is 11.5 Å². The van der Waals surface area contributed by atoms with Gasteiger partial charge in [-0.05, 0) is 47.5 Å². The molecule has 0 radical (unpaired) electrons. The van der Waals surface area contributed by atoms with Gasteiger partial charge in [0.15, 0.2) is 11.5 Å². The summed E-state index contributed by atoms with van der Waals surface area (Å²) in [7, 11) is 0. The zero-order chi connectivity index (χ0) is 18.6. The van der Waals surface area contributed by atoms with Crippen molar-refractivity contribution in [1.82, 2.24) is 5.32 Å². The molecule has 0 saturated heterocycles. The number of hydrogen-bond acceptors (Lipinski definition) is 4. The molecule has 0 saturated carbocycles. The SMILES string of the molecule is C[C@H](NC(=O)CSc1ccc2ccccc2c1)c1ccc2c(c1)OCCO2. The lowest BCUT2D eigenvalue weighted by atomic mass is 10.1. The lowest BCUT2D eigenvalue weighted by Crippen LogP contribution is -2.28. The molecule has 1 aliphatic heterocycles. The third kappa shape index (κ3) is 4.19. The molecule has 3 aromatic carbocycles. The molecule has 0 bridgehead atoms. The molecule has 1 amide bonds. The average Bonchev–Trinajstić information content (AvgIpc) is 2.71. The summed E-state index contributed by atoms with van der Waals surface area (Å²) >= 11 is 1.55. The average molecular weight is 379 g/mol. The van der Waals surface area contributed by atoms with Crippen LogP contribution in [0.3, 0.4) is 0 Å². The van der Waals surface area contributed by atoms with Crippen LogP contribution in [-0.4, -0.2) is 24.9 Å². The summed E-state index contributed by atoms with van der Waals surface area (Å²) in [5, 5.41) is 5.45. The van der Waals surface area contributed by atoms with Crippen molar-refractivity contribution >= 4 is 28.4 Å². The van der Waals surface area contributed by atoms with Crippen molar-refractivity contribution in [1.29, 1.82) is 0 Å². The van der Waals surface area contributed by atoms with Gasteiger partial charge in [-0.25, -0.2) is 0 Å². The minimum absolute atomic E-state index is 0.00977. The molecule has 1 heterocycles. The van der Waals surface area contributed by atoms with Crippen LogP contribution in [0.2, 0.25) is 0 Å². The van der Waals surface area contributed by atoms with Gasteiger partial charge >= 0.3 is 0 Å². The van der Waals surface area contributed by atoms with Gasteiger partial charge in [0.25, 0.3) is 0 Å². The number of fused-ring (bicyclic) bond motifs is 2. The van der Waals surface area contributed by atoms with Gasteiger partial charge in [0, 0.05) is 4.90 Å². The number of thioether (sulfide) groups is 1. The van der Waals surface area contributed by atoms with Crippen molar-refractivity contribution < 1.29 is 14.3 Å². The zero-order valence-corrected chi connectivity index (χ0v) is 15.9. The lowest BCUT2D eigenvalue weighted by molar-refractivity contribution is -0.119. The molecular weight excluding hydrogens is 358 g/mol. The van der Waals surface area contributed by atoms with E-state index in [-0.39, 0.29) is 11.9 Å². The van der Waals surface area contributed by atoms with Gasteiger partial charge < -0.3 is 14.8 Å². The quantitative estimate of drug-likeness (QED) is 0.659. The van der Waals surface area contributed by atoms with E-state index < -0.39 is 0 Å². The van der Waals surface area contributed by atoms with Gasteiger partial charge in [-0.2, -0.15) is 0 Å². The van der Waals surface area contributed by atoms with E-state index in [2.05, 4.69) is 35.6 Å². The molecule has 0 aliphatic carbocycles. The van der Waals surface area contributed by atoms with E-state index in [1.165, 1.54) is 10.8 Å². The maximum absolute atomic E-state index is 12.4. The standard InChI is InChI=1S/C22H21NO3S/c1-15(17-7-9-20-21(13-17)26-11-10-25-20)23-22(24)14-27-19-8-6-16-4-2-3-5-18(16)12-19/h2-9,12-13,15H,10-11,14H2,1H3,(H,23,24)/t15-/m0/s1. The van der Waals surface area contributed by atoms with Crippen molar-refractivity contribution in [2.45, 2.75) is 17.9 Å². The maximum Gasteiger partial charge on any atom is 0.230 e. The fraction of sp³-hybridized carbons (Fsp3) is 0.227. The molecule has 27 heavy (non-hydrogen) atoms.